The van der Waals surface area contributed by atoms with E-state index in [9.17, 15) is 4.79 Å². The molecular weight excluding hydrogens is 481 g/mol. The van der Waals surface area contributed by atoms with Crippen molar-refractivity contribution in [2.75, 3.05) is 19.6 Å². The molecule has 1 aliphatic rings. The van der Waals surface area contributed by atoms with Gasteiger partial charge in [0.2, 0.25) is 11.8 Å². The highest BCUT2D eigenvalue weighted by molar-refractivity contribution is 14.0. The summed E-state index contributed by atoms with van der Waals surface area (Å²) in [6.45, 7) is 8.70. The number of nitrogens with zero attached hydrogens (tertiary/aromatic N) is 3. The number of aryl methyl sites for hydroxylation is 1. The molecule has 2 aromatic rings. The van der Waals surface area contributed by atoms with Crippen LogP contribution in [0.4, 0.5) is 0 Å². The summed E-state index contributed by atoms with van der Waals surface area (Å²) in [5, 5.41) is 6.69. The van der Waals surface area contributed by atoms with Gasteiger partial charge in [0.25, 0.3) is 0 Å². The standard InChI is InChI=1S/C21H29N5O2.HI/c1-4-19(27)26-11-10-17(13-26)25-21(22-5-2)23-12-18-14-28-20(24-18)16-8-6-15(3)7-9-16;/h6-9,14,17H,4-5,10-13H2,1-3H3,(H2,22,23,25);1H. The number of carbonyl (C=O) groups is 1. The molecule has 1 aliphatic heterocycles. The van der Waals surface area contributed by atoms with Crippen molar-refractivity contribution in [2.24, 2.45) is 4.99 Å². The van der Waals surface area contributed by atoms with Crippen LogP contribution in [0.15, 0.2) is 39.9 Å². The number of nitrogens with one attached hydrogen (secondary N) is 2. The van der Waals surface area contributed by atoms with Crippen molar-refractivity contribution in [2.45, 2.75) is 46.2 Å². The molecule has 8 heteroatoms. The molecule has 1 saturated heterocycles. The lowest BCUT2D eigenvalue weighted by atomic mass is 10.1. The Kier molecular flexibility index (Phi) is 8.94. The Morgan fingerprint density at radius 1 is 1.31 bits per heavy atom. The summed E-state index contributed by atoms with van der Waals surface area (Å²) in [6, 6.07) is 8.30. The van der Waals surface area contributed by atoms with Gasteiger partial charge in [-0.3, -0.25) is 4.79 Å². The van der Waals surface area contributed by atoms with Crippen LogP contribution in [0.3, 0.4) is 0 Å². The molecule has 29 heavy (non-hydrogen) atoms. The van der Waals surface area contributed by atoms with Gasteiger partial charge in [-0.15, -0.1) is 24.0 Å². The number of likely N-dealkylation sites (tertiary alicyclic amines) is 1. The average Bonchev–Trinajstić information content (AvgIpc) is 3.36. The number of aliphatic imine (C=N–C) groups is 1. The lowest BCUT2D eigenvalue weighted by Gasteiger charge is -2.18. The first-order valence-electron chi connectivity index (χ1n) is 9.93. The highest BCUT2D eigenvalue weighted by Gasteiger charge is 2.25. The lowest BCUT2D eigenvalue weighted by Crippen LogP contribution is -2.45. The fourth-order valence-corrected chi connectivity index (χ4v) is 3.21. The second-order valence-corrected chi connectivity index (χ2v) is 7.03. The number of carbonyl (C=O) groups excluding carboxylic acids is 1. The summed E-state index contributed by atoms with van der Waals surface area (Å²) in [4.78, 5) is 22.9. The molecule has 1 amide bonds. The number of hydrogen-bond acceptors (Lipinski definition) is 4. The van der Waals surface area contributed by atoms with E-state index >= 15 is 0 Å². The van der Waals surface area contributed by atoms with Crippen molar-refractivity contribution in [1.29, 1.82) is 0 Å². The van der Waals surface area contributed by atoms with Crippen LogP contribution in [-0.4, -0.2) is 47.4 Å². The number of hydrogen-bond donors (Lipinski definition) is 2. The van der Waals surface area contributed by atoms with Crippen LogP contribution in [0.5, 0.6) is 0 Å². The molecule has 1 atom stereocenters. The van der Waals surface area contributed by atoms with Gasteiger partial charge in [0.05, 0.1) is 6.54 Å². The van der Waals surface area contributed by atoms with E-state index < -0.39 is 0 Å². The molecule has 1 aromatic carbocycles. The first-order chi connectivity index (χ1) is 13.6. The van der Waals surface area contributed by atoms with Gasteiger partial charge in [-0.05, 0) is 32.4 Å². The van der Waals surface area contributed by atoms with Crippen molar-refractivity contribution >= 4 is 35.8 Å². The third-order valence-corrected chi connectivity index (χ3v) is 4.78. The zero-order valence-corrected chi connectivity index (χ0v) is 19.6. The summed E-state index contributed by atoms with van der Waals surface area (Å²) in [5.74, 6) is 1.54. The highest BCUT2D eigenvalue weighted by Crippen LogP contribution is 2.19. The van der Waals surface area contributed by atoms with Gasteiger partial charge in [0.15, 0.2) is 5.96 Å². The molecule has 2 heterocycles. The van der Waals surface area contributed by atoms with Crippen molar-refractivity contribution in [3.8, 4) is 11.5 Å². The van der Waals surface area contributed by atoms with Crippen LogP contribution in [-0.2, 0) is 11.3 Å². The first kappa shape index (κ1) is 23.2. The molecule has 3 rings (SSSR count). The molecule has 1 unspecified atom stereocenters. The molecule has 0 bridgehead atoms. The van der Waals surface area contributed by atoms with E-state index in [0.717, 1.165) is 43.3 Å². The number of halogens is 1. The number of guanidine groups is 1. The number of rotatable bonds is 6. The molecule has 158 valence electrons. The van der Waals surface area contributed by atoms with Crippen LogP contribution in [0.1, 0.15) is 37.9 Å². The predicted octanol–water partition coefficient (Wildman–Crippen LogP) is 3.33. The smallest absolute Gasteiger partial charge is 0.226 e. The number of benzene rings is 1. The van der Waals surface area contributed by atoms with Crippen LogP contribution >= 0.6 is 24.0 Å². The summed E-state index contributed by atoms with van der Waals surface area (Å²) >= 11 is 0. The largest absolute Gasteiger partial charge is 0.444 e. The fourth-order valence-electron chi connectivity index (χ4n) is 3.21. The third kappa shape index (κ3) is 6.45. The minimum Gasteiger partial charge on any atom is -0.444 e. The molecule has 0 radical (unpaired) electrons. The van der Waals surface area contributed by atoms with Gasteiger partial charge in [-0.25, -0.2) is 9.98 Å². The topological polar surface area (TPSA) is 82.8 Å². The van der Waals surface area contributed by atoms with Crippen molar-refractivity contribution < 1.29 is 9.21 Å². The van der Waals surface area contributed by atoms with E-state index in [4.69, 9.17) is 4.42 Å². The van der Waals surface area contributed by atoms with E-state index in [2.05, 4.69) is 27.5 Å². The maximum Gasteiger partial charge on any atom is 0.226 e. The third-order valence-electron chi connectivity index (χ3n) is 4.78. The average molecular weight is 511 g/mol. The first-order valence-corrected chi connectivity index (χ1v) is 9.93. The molecule has 0 aliphatic carbocycles. The molecule has 1 fully saturated rings. The minimum atomic E-state index is 0. The Morgan fingerprint density at radius 2 is 2.07 bits per heavy atom. The second-order valence-electron chi connectivity index (χ2n) is 7.03. The van der Waals surface area contributed by atoms with Gasteiger partial charge in [-0.1, -0.05) is 24.6 Å². The number of oxazole rings is 1. The number of aromatic nitrogens is 1. The Hall–Kier alpha value is -2.10. The zero-order chi connectivity index (χ0) is 19.9. The van der Waals surface area contributed by atoms with Crippen molar-refractivity contribution in [1.82, 2.24) is 20.5 Å². The van der Waals surface area contributed by atoms with E-state index in [0.29, 0.717) is 18.9 Å². The van der Waals surface area contributed by atoms with Gasteiger partial charge in [0.1, 0.15) is 12.0 Å². The molecule has 0 spiro atoms. The maximum absolute atomic E-state index is 11.9. The zero-order valence-electron chi connectivity index (χ0n) is 17.3. The van der Waals surface area contributed by atoms with Crippen LogP contribution < -0.4 is 10.6 Å². The Labute approximate surface area is 189 Å². The van der Waals surface area contributed by atoms with Crippen molar-refractivity contribution in [3.05, 3.63) is 41.8 Å². The van der Waals surface area contributed by atoms with E-state index in [1.807, 2.05) is 43.0 Å². The molecule has 1 aromatic heterocycles. The molecule has 0 saturated carbocycles. The summed E-state index contributed by atoms with van der Waals surface area (Å²) < 4.78 is 5.60. The summed E-state index contributed by atoms with van der Waals surface area (Å²) in [6.07, 6.45) is 3.13. The lowest BCUT2D eigenvalue weighted by molar-refractivity contribution is -0.129. The summed E-state index contributed by atoms with van der Waals surface area (Å²) in [7, 11) is 0. The van der Waals surface area contributed by atoms with Gasteiger partial charge >= 0.3 is 0 Å². The van der Waals surface area contributed by atoms with Crippen LogP contribution in [0.25, 0.3) is 11.5 Å². The Bertz CT molecular complexity index is 819. The van der Waals surface area contributed by atoms with E-state index in [1.165, 1.54) is 5.56 Å². The monoisotopic (exact) mass is 511 g/mol. The second kappa shape index (κ2) is 11.2. The van der Waals surface area contributed by atoms with Gasteiger partial charge < -0.3 is 20.0 Å². The highest BCUT2D eigenvalue weighted by atomic mass is 127. The van der Waals surface area contributed by atoms with Gasteiger partial charge in [-0.2, -0.15) is 0 Å². The maximum atomic E-state index is 11.9. The van der Waals surface area contributed by atoms with E-state index in [-0.39, 0.29) is 35.9 Å². The van der Waals surface area contributed by atoms with Crippen LogP contribution in [0, 0.1) is 6.92 Å². The SMILES string of the molecule is CCNC(=NCc1coc(-c2ccc(C)cc2)n1)NC1CCN(C(=O)CC)C1.I. The van der Waals surface area contributed by atoms with Gasteiger partial charge in [0, 0.05) is 37.7 Å². The molecule has 2 N–H and O–H groups in total. The fraction of sp³-hybridized carbons (Fsp3) is 0.476. The Balaban J connectivity index is 0.00000300. The number of amides is 1. The summed E-state index contributed by atoms with van der Waals surface area (Å²) in [5.41, 5.74) is 2.94. The minimum absolute atomic E-state index is 0. The quantitative estimate of drug-likeness (QED) is 0.353. The van der Waals surface area contributed by atoms with Crippen molar-refractivity contribution in [3.63, 3.8) is 0 Å². The molecule has 7 nitrogen and oxygen atoms in total. The normalized spacial score (nSPS) is 16.4. The predicted molar refractivity (Wildman–Crippen MR) is 125 cm³/mol. The molecular formula is C21H30IN5O2. The Morgan fingerprint density at radius 3 is 2.76 bits per heavy atom. The van der Waals surface area contributed by atoms with E-state index in [1.54, 1.807) is 6.26 Å². The van der Waals surface area contributed by atoms with Crippen LogP contribution in [0.2, 0.25) is 0 Å².